The molecule has 0 bridgehead atoms. The highest BCUT2D eigenvalue weighted by molar-refractivity contribution is 6.30. The number of likely N-dealkylation sites (tertiary alicyclic amines) is 1. The van der Waals surface area contributed by atoms with Gasteiger partial charge in [-0.1, -0.05) is 41.9 Å². The first-order valence-corrected chi connectivity index (χ1v) is 14.7. The number of urea groups is 1. The Balaban J connectivity index is 1.27. The second-order valence-corrected chi connectivity index (χ2v) is 12.6. The van der Waals surface area contributed by atoms with E-state index in [4.69, 9.17) is 11.6 Å². The fourth-order valence-electron chi connectivity index (χ4n) is 6.29. The maximum Gasteiger partial charge on any atom is 0.315 e. The highest BCUT2D eigenvalue weighted by Crippen LogP contribution is 2.43. The van der Waals surface area contributed by atoms with Crippen LogP contribution in [0.3, 0.4) is 0 Å². The van der Waals surface area contributed by atoms with Crippen molar-refractivity contribution in [1.29, 1.82) is 0 Å². The molecule has 0 aromatic heterocycles. The number of hydrogen-bond acceptors (Lipinski definition) is 4. The highest BCUT2D eigenvalue weighted by atomic mass is 35.5. The molecular weight excluding hydrogens is 526 g/mol. The fourth-order valence-corrected chi connectivity index (χ4v) is 6.42. The third-order valence-corrected chi connectivity index (χ3v) is 9.06. The normalized spacial score (nSPS) is 21.1. The van der Waals surface area contributed by atoms with Crippen molar-refractivity contribution in [3.05, 3.63) is 64.7 Å². The van der Waals surface area contributed by atoms with Gasteiger partial charge in [0.25, 0.3) is 0 Å². The lowest BCUT2D eigenvalue weighted by atomic mass is 9.86. The maximum atomic E-state index is 13.8. The van der Waals surface area contributed by atoms with Gasteiger partial charge in [0.15, 0.2) is 0 Å². The molecule has 3 aliphatic rings. The molecule has 2 aromatic rings. The molecule has 2 saturated heterocycles. The maximum absolute atomic E-state index is 13.8. The van der Waals surface area contributed by atoms with E-state index in [1.165, 1.54) is 0 Å². The highest BCUT2D eigenvalue weighted by Gasteiger charge is 2.47. The van der Waals surface area contributed by atoms with Crippen molar-refractivity contribution >= 4 is 35.1 Å². The van der Waals surface area contributed by atoms with Gasteiger partial charge in [-0.25, -0.2) is 4.79 Å². The van der Waals surface area contributed by atoms with Crippen LogP contribution in [0.25, 0.3) is 0 Å². The monoisotopic (exact) mass is 565 g/mol. The van der Waals surface area contributed by atoms with E-state index in [9.17, 15) is 14.4 Å². The molecule has 0 aliphatic carbocycles. The number of carbonyl (C=O) groups is 3. The van der Waals surface area contributed by atoms with Crippen molar-refractivity contribution in [2.75, 3.05) is 31.1 Å². The molecule has 3 aliphatic heterocycles. The van der Waals surface area contributed by atoms with Crippen LogP contribution in [0.5, 0.6) is 0 Å². The predicted molar refractivity (Wildman–Crippen MR) is 158 cm³/mol. The standard InChI is InChI=1S/C31H40ClN5O3/c1-30(2)24-6-4-5-7-26(24)37(28(30)39)23-12-18-36(19-13-23)27(38)25(20-21-8-10-22(32)11-9-21)34-29(40)35-31(3)14-16-33-17-15-31/h4-11,23,25,33H,12-20H2,1-3H3,(H2,34,35,40)/t25-/m0/s1. The number of para-hydroxylation sites is 1. The Bertz CT molecular complexity index is 1250. The SMILES string of the molecule is CC1(NC(=O)N[C@@H](Cc2ccc(Cl)cc2)C(=O)N2CCC(N3C(=O)C(C)(C)c4ccccc43)CC2)CCNCC1. The van der Waals surface area contributed by atoms with Gasteiger partial charge in [0, 0.05) is 41.8 Å². The van der Waals surface area contributed by atoms with Gasteiger partial charge in [0.1, 0.15) is 6.04 Å². The summed E-state index contributed by atoms with van der Waals surface area (Å²) < 4.78 is 0. The number of piperidine rings is 2. The Morgan fingerprint density at radius 1 is 1.02 bits per heavy atom. The molecule has 9 heteroatoms. The lowest BCUT2D eigenvalue weighted by Gasteiger charge is -2.39. The number of carbonyl (C=O) groups excluding carboxylic acids is 3. The minimum atomic E-state index is -0.712. The summed E-state index contributed by atoms with van der Waals surface area (Å²) in [5.41, 5.74) is 2.09. The molecule has 0 radical (unpaired) electrons. The summed E-state index contributed by atoms with van der Waals surface area (Å²) >= 11 is 6.08. The fraction of sp³-hybridized carbons (Fsp3) is 0.516. The number of nitrogens with one attached hydrogen (secondary N) is 3. The number of benzene rings is 2. The third kappa shape index (κ3) is 5.84. The van der Waals surface area contributed by atoms with E-state index < -0.39 is 11.5 Å². The zero-order valence-electron chi connectivity index (χ0n) is 23.6. The van der Waals surface area contributed by atoms with Crippen LogP contribution in [0.1, 0.15) is 57.6 Å². The second kappa shape index (κ2) is 11.4. The average molecular weight is 566 g/mol. The van der Waals surface area contributed by atoms with Crippen LogP contribution in [-0.2, 0) is 21.4 Å². The number of amides is 4. The van der Waals surface area contributed by atoms with Crippen LogP contribution >= 0.6 is 11.6 Å². The van der Waals surface area contributed by atoms with Gasteiger partial charge in [0.2, 0.25) is 11.8 Å². The molecule has 40 heavy (non-hydrogen) atoms. The Hall–Kier alpha value is -3.10. The summed E-state index contributed by atoms with van der Waals surface area (Å²) in [5.74, 6) is 0.0105. The summed E-state index contributed by atoms with van der Waals surface area (Å²) in [6.07, 6.45) is 3.41. The lowest BCUT2D eigenvalue weighted by Crippen LogP contribution is -2.59. The number of halogens is 1. The molecule has 8 nitrogen and oxygen atoms in total. The molecule has 5 rings (SSSR count). The van der Waals surface area contributed by atoms with Gasteiger partial charge in [0.05, 0.1) is 5.41 Å². The van der Waals surface area contributed by atoms with Crippen molar-refractivity contribution in [1.82, 2.24) is 20.9 Å². The average Bonchev–Trinajstić information content (AvgIpc) is 3.14. The molecule has 0 spiro atoms. The van der Waals surface area contributed by atoms with E-state index in [0.29, 0.717) is 37.4 Å². The zero-order valence-corrected chi connectivity index (χ0v) is 24.4. The topological polar surface area (TPSA) is 93.8 Å². The molecule has 1 atom stereocenters. The smallest absolute Gasteiger partial charge is 0.315 e. The van der Waals surface area contributed by atoms with Gasteiger partial charge in [-0.2, -0.15) is 0 Å². The Morgan fingerprint density at radius 3 is 2.35 bits per heavy atom. The second-order valence-electron chi connectivity index (χ2n) is 12.2. The summed E-state index contributed by atoms with van der Waals surface area (Å²) in [6.45, 7) is 8.76. The lowest BCUT2D eigenvalue weighted by molar-refractivity contribution is -0.134. The van der Waals surface area contributed by atoms with Crippen molar-refractivity contribution in [2.45, 2.75) is 75.9 Å². The van der Waals surface area contributed by atoms with E-state index in [1.54, 1.807) is 12.1 Å². The number of fused-ring (bicyclic) bond motifs is 1. The first-order valence-electron chi connectivity index (χ1n) is 14.3. The molecule has 214 valence electrons. The molecule has 3 N–H and O–H groups in total. The van der Waals surface area contributed by atoms with Crippen molar-refractivity contribution < 1.29 is 14.4 Å². The molecule has 0 saturated carbocycles. The molecule has 0 unspecified atom stereocenters. The summed E-state index contributed by atoms with van der Waals surface area (Å²) in [7, 11) is 0. The first-order chi connectivity index (χ1) is 19.1. The van der Waals surface area contributed by atoms with Gasteiger partial charge in [-0.05, 0) is 88.9 Å². The minimum Gasteiger partial charge on any atom is -0.341 e. The molecule has 4 amide bonds. The Labute approximate surface area is 241 Å². The zero-order chi connectivity index (χ0) is 28.5. The molecule has 2 aromatic carbocycles. The van der Waals surface area contributed by atoms with E-state index >= 15 is 0 Å². The molecule has 3 heterocycles. The van der Waals surface area contributed by atoms with Crippen molar-refractivity contribution in [3.8, 4) is 0 Å². The number of anilines is 1. The summed E-state index contributed by atoms with van der Waals surface area (Å²) in [6, 6.07) is 14.4. The van der Waals surface area contributed by atoms with E-state index in [0.717, 1.165) is 42.7 Å². The van der Waals surface area contributed by atoms with Crippen molar-refractivity contribution in [3.63, 3.8) is 0 Å². The summed E-state index contributed by atoms with van der Waals surface area (Å²) in [5, 5.41) is 10.1. The van der Waals surface area contributed by atoms with Crippen LogP contribution in [0.2, 0.25) is 5.02 Å². The van der Waals surface area contributed by atoms with Crippen LogP contribution in [0.15, 0.2) is 48.5 Å². The van der Waals surface area contributed by atoms with Crippen LogP contribution < -0.4 is 20.9 Å². The van der Waals surface area contributed by atoms with Crippen molar-refractivity contribution in [2.24, 2.45) is 0 Å². The van der Waals surface area contributed by atoms with Gasteiger partial charge >= 0.3 is 6.03 Å². The molecule has 2 fully saturated rings. The van der Waals surface area contributed by atoms with Gasteiger partial charge < -0.3 is 25.8 Å². The Morgan fingerprint density at radius 2 is 1.68 bits per heavy atom. The third-order valence-electron chi connectivity index (χ3n) is 8.81. The largest absolute Gasteiger partial charge is 0.341 e. The Kier molecular flexibility index (Phi) is 8.11. The van der Waals surface area contributed by atoms with E-state index in [2.05, 4.69) is 16.0 Å². The number of nitrogens with zero attached hydrogens (tertiary/aromatic N) is 2. The predicted octanol–water partition coefficient (Wildman–Crippen LogP) is 4.01. The van der Waals surface area contributed by atoms with E-state index in [1.807, 2.05) is 67.0 Å². The summed E-state index contributed by atoms with van der Waals surface area (Å²) in [4.78, 5) is 44.2. The van der Waals surface area contributed by atoms with Gasteiger partial charge in [-0.3, -0.25) is 9.59 Å². The van der Waals surface area contributed by atoms with Crippen LogP contribution in [0, 0.1) is 0 Å². The van der Waals surface area contributed by atoms with Crippen LogP contribution in [-0.4, -0.2) is 66.5 Å². The van der Waals surface area contributed by atoms with Gasteiger partial charge in [-0.15, -0.1) is 0 Å². The van der Waals surface area contributed by atoms with Crippen LogP contribution in [0.4, 0.5) is 10.5 Å². The van der Waals surface area contributed by atoms with E-state index in [-0.39, 0.29) is 29.4 Å². The first kappa shape index (κ1) is 28.4. The quantitative estimate of drug-likeness (QED) is 0.493. The minimum absolute atomic E-state index is 0.0327. The number of rotatable bonds is 6. The molecular formula is C31H40ClN5O3. The number of hydrogen-bond donors (Lipinski definition) is 3.